The van der Waals surface area contributed by atoms with Crippen molar-refractivity contribution in [1.82, 2.24) is 0 Å². The van der Waals surface area contributed by atoms with Gasteiger partial charge in [0.25, 0.3) is 0 Å². The molecule has 0 radical (unpaired) electrons. The van der Waals surface area contributed by atoms with Gasteiger partial charge in [-0.2, -0.15) is 0 Å². The molecule has 0 spiro atoms. The van der Waals surface area contributed by atoms with Gasteiger partial charge in [0.2, 0.25) is 0 Å². The fourth-order valence-corrected chi connectivity index (χ4v) is 4.18. The van der Waals surface area contributed by atoms with Crippen LogP contribution in [-0.4, -0.2) is 25.4 Å². The van der Waals surface area contributed by atoms with E-state index in [2.05, 4.69) is 49.6 Å². The average Bonchev–Trinajstić information content (AvgIpc) is 3.58. The molecular formula is C24H24O3. The summed E-state index contributed by atoms with van der Waals surface area (Å²) in [5.74, 6) is 0. The van der Waals surface area contributed by atoms with Crippen LogP contribution >= 0.6 is 0 Å². The maximum absolute atomic E-state index is 5.90. The molecule has 0 saturated carbocycles. The van der Waals surface area contributed by atoms with Crippen molar-refractivity contribution in [2.45, 2.75) is 37.3 Å². The highest BCUT2D eigenvalue weighted by Crippen LogP contribution is 2.45. The van der Waals surface area contributed by atoms with Crippen LogP contribution in [0.2, 0.25) is 0 Å². The third-order valence-corrected chi connectivity index (χ3v) is 5.69. The molecule has 6 aliphatic rings. The number of ether oxygens (including phenoxy) is 3. The zero-order valence-corrected chi connectivity index (χ0v) is 15.4. The molecule has 3 heteroatoms. The number of allylic oxidation sites excluding steroid dienone is 2. The predicted molar refractivity (Wildman–Crippen MR) is 106 cm³/mol. The van der Waals surface area contributed by atoms with Gasteiger partial charge in [-0.25, -0.2) is 0 Å². The molecule has 0 aromatic heterocycles. The second-order valence-electron chi connectivity index (χ2n) is 7.54. The van der Waals surface area contributed by atoms with Gasteiger partial charge in [0, 0.05) is 0 Å². The van der Waals surface area contributed by atoms with E-state index >= 15 is 0 Å². The summed E-state index contributed by atoms with van der Waals surface area (Å²) in [5.41, 5.74) is 7.53. The Bertz CT molecular complexity index is 827. The lowest BCUT2D eigenvalue weighted by Gasteiger charge is -2.12. The minimum absolute atomic E-state index is 0.133. The first-order valence-corrected chi connectivity index (χ1v) is 9.65. The summed E-state index contributed by atoms with van der Waals surface area (Å²) < 4.78 is 17.7. The van der Waals surface area contributed by atoms with E-state index < -0.39 is 0 Å². The van der Waals surface area contributed by atoms with Gasteiger partial charge in [0.05, 0.1) is 13.2 Å². The predicted octanol–water partition coefficient (Wildman–Crippen LogP) is 4.72. The first-order valence-electron chi connectivity index (χ1n) is 9.65. The van der Waals surface area contributed by atoms with E-state index in [1.165, 1.54) is 33.4 Å². The fraction of sp³-hybridized carbons (Fsp3) is 0.333. The largest absolute Gasteiger partial charge is 0.376 e. The van der Waals surface area contributed by atoms with Gasteiger partial charge in [-0.3, -0.25) is 0 Å². The Morgan fingerprint density at radius 1 is 0.778 bits per heavy atom. The van der Waals surface area contributed by atoms with Crippen LogP contribution in [0, 0.1) is 0 Å². The maximum atomic E-state index is 5.90. The van der Waals surface area contributed by atoms with Crippen molar-refractivity contribution < 1.29 is 14.2 Å². The standard InChI is InChI=1S/C24H24O3/c1-3-5-17-11-15-7-9-19(17)23-21(26-23)13-25-14-22-24(27-22)20-10-8-16(15)12-18(20)6-4-2/h3-4,7-12,21-24H,1-2,5-6,13-14H2. The summed E-state index contributed by atoms with van der Waals surface area (Å²) in [6.07, 6.45) is 6.15. The number of benzene rings is 2. The van der Waals surface area contributed by atoms with E-state index in [-0.39, 0.29) is 24.4 Å². The number of epoxide rings is 2. The van der Waals surface area contributed by atoms with E-state index in [1.54, 1.807) is 0 Å². The van der Waals surface area contributed by atoms with Crippen LogP contribution in [0.15, 0.2) is 61.7 Å². The van der Waals surface area contributed by atoms with Crippen LogP contribution in [0.25, 0.3) is 11.1 Å². The van der Waals surface area contributed by atoms with Crippen molar-refractivity contribution >= 4 is 0 Å². The lowest BCUT2D eigenvalue weighted by atomic mass is 9.92. The monoisotopic (exact) mass is 360 g/mol. The summed E-state index contributed by atoms with van der Waals surface area (Å²) in [5, 5.41) is 0. The Labute approximate surface area is 160 Å². The number of rotatable bonds is 4. The van der Waals surface area contributed by atoms with Crippen molar-refractivity contribution in [2.75, 3.05) is 13.2 Å². The van der Waals surface area contributed by atoms with Crippen molar-refractivity contribution in [1.29, 1.82) is 0 Å². The molecule has 2 aromatic rings. The third kappa shape index (κ3) is 3.16. The van der Waals surface area contributed by atoms with Crippen LogP contribution < -0.4 is 0 Å². The lowest BCUT2D eigenvalue weighted by molar-refractivity contribution is 0.102. The zero-order chi connectivity index (χ0) is 18.4. The summed E-state index contributed by atoms with van der Waals surface area (Å²) >= 11 is 0. The average molecular weight is 360 g/mol. The molecule has 6 heterocycles. The summed E-state index contributed by atoms with van der Waals surface area (Å²) in [6, 6.07) is 13.4. The first kappa shape index (κ1) is 16.9. The highest BCUT2D eigenvalue weighted by molar-refractivity contribution is 5.67. The minimum atomic E-state index is 0.133. The molecule has 6 aliphatic heterocycles. The van der Waals surface area contributed by atoms with Crippen LogP contribution in [0.3, 0.4) is 0 Å². The van der Waals surface area contributed by atoms with Crippen LogP contribution in [0.1, 0.15) is 34.5 Å². The van der Waals surface area contributed by atoms with E-state index in [4.69, 9.17) is 14.2 Å². The fourth-order valence-electron chi connectivity index (χ4n) is 4.18. The molecule has 8 rings (SSSR count). The smallest absolute Gasteiger partial charge is 0.112 e. The second kappa shape index (κ2) is 6.75. The van der Waals surface area contributed by atoms with Gasteiger partial charge in [0.15, 0.2) is 0 Å². The Balaban J connectivity index is 1.60. The number of hydrogen-bond donors (Lipinski definition) is 0. The molecule has 0 amide bonds. The maximum Gasteiger partial charge on any atom is 0.112 e. The molecule has 138 valence electrons. The van der Waals surface area contributed by atoms with Crippen molar-refractivity contribution in [2.24, 2.45) is 0 Å². The Hall–Kier alpha value is -2.20. The van der Waals surface area contributed by atoms with Gasteiger partial charge < -0.3 is 14.2 Å². The van der Waals surface area contributed by atoms with Gasteiger partial charge in [-0.05, 0) is 46.2 Å². The van der Waals surface area contributed by atoms with Crippen molar-refractivity contribution in [3.8, 4) is 11.1 Å². The summed E-state index contributed by atoms with van der Waals surface area (Å²) in [4.78, 5) is 0. The van der Waals surface area contributed by atoms with Crippen LogP contribution in [0.5, 0.6) is 0 Å². The molecule has 0 N–H and O–H groups in total. The quantitative estimate of drug-likeness (QED) is 0.584. The molecule has 2 fully saturated rings. The van der Waals surface area contributed by atoms with Crippen molar-refractivity contribution in [3.05, 3.63) is 84.0 Å². The minimum Gasteiger partial charge on any atom is -0.376 e. The topological polar surface area (TPSA) is 34.3 Å². The zero-order valence-electron chi connectivity index (χ0n) is 15.4. The number of hydrogen-bond acceptors (Lipinski definition) is 3. The Morgan fingerprint density at radius 3 is 1.70 bits per heavy atom. The third-order valence-electron chi connectivity index (χ3n) is 5.69. The SMILES string of the molecule is C=CCc1cc2ccc1C1OC1COCC1OC1c1ccc-2cc1CC=C. The van der Waals surface area contributed by atoms with Crippen LogP contribution in [-0.2, 0) is 27.1 Å². The molecule has 0 aliphatic carbocycles. The first-order chi connectivity index (χ1) is 13.3. The van der Waals surface area contributed by atoms with Gasteiger partial charge >= 0.3 is 0 Å². The van der Waals surface area contributed by atoms with E-state index in [0.717, 1.165) is 12.8 Å². The van der Waals surface area contributed by atoms with E-state index in [1.807, 2.05) is 12.2 Å². The molecule has 3 nitrogen and oxygen atoms in total. The highest BCUT2D eigenvalue weighted by atomic mass is 16.6. The highest BCUT2D eigenvalue weighted by Gasteiger charge is 2.44. The van der Waals surface area contributed by atoms with E-state index in [0.29, 0.717) is 13.2 Å². The molecule has 4 unspecified atom stereocenters. The molecular weight excluding hydrogens is 336 g/mol. The van der Waals surface area contributed by atoms with Gasteiger partial charge in [-0.1, -0.05) is 48.6 Å². The van der Waals surface area contributed by atoms with Gasteiger partial charge in [0.1, 0.15) is 24.4 Å². The van der Waals surface area contributed by atoms with Crippen molar-refractivity contribution in [3.63, 3.8) is 0 Å². The van der Waals surface area contributed by atoms with E-state index in [9.17, 15) is 0 Å². The molecule has 4 atom stereocenters. The molecule has 2 aromatic carbocycles. The normalized spacial score (nSPS) is 27.9. The molecule has 2 saturated heterocycles. The van der Waals surface area contributed by atoms with Crippen LogP contribution in [0.4, 0.5) is 0 Å². The molecule has 27 heavy (non-hydrogen) atoms. The lowest BCUT2D eigenvalue weighted by Crippen LogP contribution is -2.09. The summed E-state index contributed by atoms with van der Waals surface area (Å²) in [7, 11) is 0. The molecule has 4 bridgehead atoms. The second-order valence-corrected chi connectivity index (χ2v) is 7.54. The van der Waals surface area contributed by atoms with Gasteiger partial charge in [-0.15, -0.1) is 13.2 Å². The Kier molecular flexibility index (Phi) is 4.24. The summed E-state index contributed by atoms with van der Waals surface area (Å²) in [6.45, 7) is 9.09. The Morgan fingerprint density at radius 2 is 1.26 bits per heavy atom.